The summed E-state index contributed by atoms with van der Waals surface area (Å²) < 4.78 is 28.9. The highest BCUT2D eigenvalue weighted by Gasteiger charge is 2.31. The molecule has 1 aliphatic heterocycles. The van der Waals surface area contributed by atoms with E-state index in [2.05, 4.69) is 0 Å². The molecule has 1 aromatic heterocycles. The second-order valence-corrected chi connectivity index (χ2v) is 9.06. The first kappa shape index (κ1) is 20.0. The highest BCUT2D eigenvalue weighted by atomic mass is 32.2. The van der Waals surface area contributed by atoms with Crippen LogP contribution >= 0.6 is 0 Å². The lowest BCUT2D eigenvalue weighted by atomic mass is 10.1. The van der Waals surface area contributed by atoms with Gasteiger partial charge in [0.1, 0.15) is 0 Å². The molecular weight excluding hydrogens is 408 g/mol. The maximum Gasteiger partial charge on any atom is 0.269 e. The molecule has 9 nitrogen and oxygen atoms in total. The number of amides is 1. The first-order valence-electron chi connectivity index (χ1n) is 9.37. The van der Waals surface area contributed by atoms with Crippen LogP contribution in [-0.4, -0.2) is 59.2 Å². The average Bonchev–Trinajstić information content (AvgIpc) is 3.10. The summed E-state index contributed by atoms with van der Waals surface area (Å²) in [6.45, 7) is 0.869. The molecule has 10 heteroatoms. The summed E-state index contributed by atoms with van der Waals surface area (Å²) in [6, 6.07) is 12.5. The van der Waals surface area contributed by atoms with Gasteiger partial charge in [-0.05, 0) is 18.2 Å². The highest BCUT2D eigenvalue weighted by molar-refractivity contribution is 7.89. The Morgan fingerprint density at radius 3 is 2.27 bits per heavy atom. The molecule has 4 rings (SSSR count). The SMILES string of the molecule is Cn1cc(C(=O)N2CCN(S(=O)(=O)c3ccc([N+](=O)[O-])cc3)CC2)c2ccccc21. The van der Waals surface area contributed by atoms with Crippen molar-refractivity contribution in [2.24, 2.45) is 7.05 Å². The van der Waals surface area contributed by atoms with E-state index in [1.807, 2.05) is 35.9 Å². The van der Waals surface area contributed by atoms with E-state index < -0.39 is 14.9 Å². The van der Waals surface area contributed by atoms with Crippen LogP contribution in [0.4, 0.5) is 5.69 Å². The number of para-hydroxylation sites is 1. The van der Waals surface area contributed by atoms with Crippen molar-refractivity contribution in [1.29, 1.82) is 0 Å². The Bertz CT molecular complexity index is 1230. The lowest BCUT2D eigenvalue weighted by Gasteiger charge is -2.34. The van der Waals surface area contributed by atoms with Crippen LogP contribution in [0, 0.1) is 10.1 Å². The van der Waals surface area contributed by atoms with Crippen molar-refractivity contribution in [3.05, 3.63) is 70.4 Å². The van der Waals surface area contributed by atoms with Gasteiger partial charge < -0.3 is 9.47 Å². The van der Waals surface area contributed by atoms with E-state index in [-0.39, 0.29) is 42.7 Å². The molecule has 2 heterocycles. The van der Waals surface area contributed by atoms with Crippen LogP contribution in [0.25, 0.3) is 10.9 Å². The number of sulfonamides is 1. The topological polar surface area (TPSA) is 106 Å². The maximum atomic E-state index is 13.0. The molecule has 0 saturated carbocycles. The van der Waals surface area contributed by atoms with Gasteiger partial charge in [0, 0.05) is 62.5 Å². The van der Waals surface area contributed by atoms with Crippen molar-refractivity contribution in [3.63, 3.8) is 0 Å². The van der Waals surface area contributed by atoms with Crippen LogP contribution in [0.15, 0.2) is 59.6 Å². The Morgan fingerprint density at radius 2 is 1.63 bits per heavy atom. The predicted octanol–water partition coefficient (Wildman–Crippen LogP) is 2.23. The third-order valence-electron chi connectivity index (χ3n) is 5.34. The molecule has 1 fully saturated rings. The molecular formula is C20H20N4O5S. The van der Waals surface area contributed by atoms with Gasteiger partial charge in [0.05, 0.1) is 15.4 Å². The lowest BCUT2D eigenvalue weighted by molar-refractivity contribution is -0.384. The number of hydrogen-bond donors (Lipinski definition) is 0. The zero-order valence-corrected chi connectivity index (χ0v) is 17.1. The summed E-state index contributed by atoms with van der Waals surface area (Å²) in [6.07, 6.45) is 1.80. The number of hydrogen-bond acceptors (Lipinski definition) is 5. The summed E-state index contributed by atoms with van der Waals surface area (Å²) in [5, 5.41) is 11.6. The maximum absolute atomic E-state index is 13.0. The van der Waals surface area contributed by atoms with Gasteiger partial charge in [-0.25, -0.2) is 8.42 Å². The summed E-state index contributed by atoms with van der Waals surface area (Å²) in [5.74, 6) is -0.126. The third kappa shape index (κ3) is 3.44. The third-order valence-corrected chi connectivity index (χ3v) is 7.25. The van der Waals surface area contributed by atoms with Crippen LogP contribution in [0.3, 0.4) is 0 Å². The molecule has 0 unspecified atom stereocenters. The second-order valence-electron chi connectivity index (χ2n) is 7.12. The summed E-state index contributed by atoms with van der Waals surface area (Å²) in [4.78, 5) is 24.9. The van der Waals surface area contributed by atoms with Crippen molar-refractivity contribution in [1.82, 2.24) is 13.8 Å². The van der Waals surface area contributed by atoms with Gasteiger partial charge in [0.15, 0.2) is 0 Å². The molecule has 30 heavy (non-hydrogen) atoms. The quantitative estimate of drug-likeness (QED) is 0.468. The van der Waals surface area contributed by atoms with E-state index >= 15 is 0 Å². The van der Waals surface area contributed by atoms with Crippen molar-refractivity contribution < 1.29 is 18.1 Å². The number of carbonyl (C=O) groups is 1. The molecule has 0 atom stereocenters. The number of nitro benzene ring substituents is 1. The molecule has 0 N–H and O–H groups in total. The molecule has 156 valence electrons. The molecule has 1 aliphatic rings. The number of rotatable bonds is 4. The van der Waals surface area contributed by atoms with E-state index in [4.69, 9.17) is 0 Å². The van der Waals surface area contributed by atoms with Gasteiger partial charge >= 0.3 is 0 Å². The van der Waals surface area contributed by atoms with Crippen LogP contribution in [0.1, 0.15) is 10.4 Å². The van der Waals surface area contributed by atoms with Crippen molar-refractivity contribution in [3.8, 4) is 0 Å². The first-order valence-corrected chi connectivity index (χ1v) is 10.8. The van der Waals surface area contributed by atoms with E-state index in [0.29, 0.717) is 5.56 Å². The van der Waals surface area contributed by atoms with Crippen LogP contribution in [-0.2, 0) is 17.1 Å². The highest BCUT2D eigenvalue weighted by Crippen LogP contribution is 2.24. The number of piperazine rings is 1. The van der Waals surface area contributed by atoms with E-state index in [9.17, 15) is 23.3 Å². The van der Waals surface area contributed by atoms with Crippen LogP contribution < -0.4 is 0 Å². The van der Waals surface area contributed by atoms with E-state index in [0.717, 1.165) is 10.9 Å². The van der Waals surface area contributed by atoms with Gasteiger partial charge in [-0.3, -0.25) is 14.9 Å². The Morgan fingerprint density at radius 1 is 1.00 bits per heavy atom. The van der Waals surface area contributed by atoms with Gasteiger partial charge in [-0.2, -0.15) is 4.31 Å². The van der Waals surface area contributed by atoms with Gasteiger partial charge in [0.25, 0.3) is 11.6 Å². The minimum absolute atomic E-state index is 0.00179. The predicted molar refractivity (Wildman–Crippen MR) is 111 cm³/mol. The minimum atomic E-state index is -3.78. The molecule has 1 saturated heterocycles. The number of fused-ring (bicyclic) bond motifs is 1. The largest absolute Gasteiger partial charge is 0.350 e. The molecule has 2 aromatic carbocycles. The van der Waals surface area contributed by atoms with E-state index in [1.165, 1.54) is 28.6 Å². The first-order chi connectivity index (χ1) is 14.3. The Hall–Kier alpha value is -3.24. The fourth-order valence-electron chi connectivity index (χ4n) is 3.70. The number of non-ortho nitro benzene ring substituents is 1. The molecule has 0 radical (unpaired) electrons. The standard InChI is InChI=1S/C20H20N4O5S/c1-21-14-18(17-4-2-3-5-19(17)21)20(25)22-10-12-23(13-11-22)30(28,29)16-8-6-15(7-9-16)24(26)27/h2-9,14H,10-13H2,1H3. The van der Waals surface area contributed by atoms with Gasteiger partial charge in [-0.1, -0.05) is 18.2 Å². The Balaban J connectivity index is 1.49. The van der Waals surface area contributed by atoms with Gasteiger partial charge in [-0.15, -0.1) is 0 Å². The fourth-order valence-corrected chi connectivity index (χ4v) is 5.13. The Kier molecular flexibility index (Phi) is 5.04. The van der Waals surface area contributed by atoms with Crippen molar-refractivity contribution in [2.75, 3.05) is 26.2 Å². The molecule has 3 aromatic rings. The van der Waals surface area contributed by atoms with E-state index in [1.54, 1.807) is 11.1 Å². The fraction of sp³-hybridized carbons (Fsp3) is 0.250. The molecule has 1 amide bonds. The smallest absolute Gasteiger partial charge is 0.269 e. The number of aromatic nitrogens is 1. The minimum Gasteiger partial charge on any atom is -0.350 e. The number of benzene rings is 2. The zero-order chi connectivity index (χ0) is 21.5. The van der Waals surface area contributed by atoms with Crippen LogP contribution in [0.5, 0.6) is 0 Å². The number of nitrogens with zero attached hydrogens (tertiary/aromatic N) is 4. The van der Waals surface area contributed by atoms with Crippen LogP contribution in [0.2, 0.25) is 0 Å². The summed E-state index contributed by atoms with van der Waals surface area (Å²) >= 11 is 0. The zero-order valence-electron chi connectivity index (χ0n) is 16.3. The second kappa shape index (κ2) is 7.54. The number of carbonyl (C=O) groups excluding carboxylic acids is 1. The molecule has 0 bridgehead atoms. The summed E-state index contributed by atoms with van der Waals surface area (Å²) in [5.41, 5.74) is 1.39. The summed E-state index contributed by atoms with van der Waals surface area (Å²) in [7, 11) is -1.90. The monoisotopic (exact) mass is 428 g/mol. The van der Waals surface area contributed by atoms with Crippen molar-refractivity contribution in [2.45, 2.75) is 4.90 Å². The lowest BCUT2D eigenvalue weighted by Crippen LogP contribution is -2.50. The number of nitro groups is 1. The Labute approximate surface area is 173 Å². The average molecular weight is 428 g/mol. The molecule has 0 aliphatic carbocycles. The normalized spacial score (nSPS) is 15.4. The molecule has 0 spiro atoms. The number of aryl methyl sites for hydroxylation is 1. The van der Waals surface area contributed by atoms with Gasteiger partial charge in [0.2, 0.25) is 10.0 Å². The van der Waals surface area contributed by atoms with Crippen molar-refractivity contribution >= 4 is 32.5 Å².